The number of piperazine rings is 1. The van der Waals surface area contributed by atoms with Gasteiger partial charge >= 0.3 is 0 Å². The van der Waals surface area contributed by atoms with Gasteiger partial charge in [0.05, 0.1) is 10.2 Å². The van der Waals surface area contributed by atoms with Gasteiger partial charge in [-0.2, -0.15) is 0 Å². The van der Waals surface area contributed by atoms with E-state index in [4.69, 9.17) is 16.6 Å². The summed E-state index contributed by atoms with van der Waals surface area (Å²) >= 11 is 7.82. The molecule has 24 heavy (non-hydrogen) atoms. The van der Waals surface area contributed by atoms with Crippen LogP contribution in [0.25, 0.3) is 10.2 Å². The van der Waals surface area contributed by atoms with Crippen molar-refractivity contribution in [3.8, 4) is 0 Å². The van der Waals surface area contributed by atoms with Gasteiger partial charge in [0.25, 0.3) is 0 Å². The number of halogens is 1. The van der Waals surface area contributed by atoms with Gasteiger partial charge in [0, 0.05) is 37.7 Å². The molecule has 3 nitrogen and oxygen atoms in total. The molecule has 1 fully saturated rings. The number of hydrogen-bond acceptors (Lipinski definition) is 4. The zero-order chi connectivity index (χ0) is 16.4. The molecule has 0 saturated carbocycles. The summed E-state index contributed by atoms with van der Waals surface area (Å²) < 4.78 is 1.17. The standard InChI is InChI=1S/C19H20ClN3S/c20-16-6-7-17-18(14-16)24-19(21-17)23-12-10-22(11-13-23)9-8-15-4-2-1-3-5-15/h1-7,14H,8-13H2. The highest BCUT2D eigenvalue weighted by Gasteiger charge is 2.19. The summed E-state index contributed by atoms with van der Waals surface area (Å²) in [5.41, 5.74) is 2.47. The van der Waals surface area contributed by atoms with Crippen LogP contribution in [-0.2, 0) is 6.42 Å². The predicted octanol–water partition coefficient (Wildman–Crippen LogP) is 4.31. The molecule has 2 heterocycles. The van der Waals surface area contributed by atoms with Crippen LogP contribution in [0.15, 0.2) is 48.5 Å². The molecule has 0 amide bonds. The maximum atomic E-state index is 6.08. The molecule has 0 bridgehead atoms. The molecule has 5 heteroatoms. The van der Waals surface area contributed by atoms with E-state index in [1.807, 2.05) is 18.2 Å². The Balaban J connectivity index is 1.35. The van der Waals surface area contributed by atoms with E-state index in [1.54, 1.807) is 11.3 Å². The van der Waals surface area contributed by atoms with Crippen molar-refractivity contribution in [1.29, 1.82) is 0 Å². The van der Waals surface area contributed by atoms with Gasteiger partial charge in [0.2, 0.25) is 0 Å². The number of nitrogens with zero attached hydrogens (tertiary/aromatic N) is 3. The Hall–Kier alpha value is -1.62. The molecule has 3 aromatic rings. The minimum Gasteiger partial charge on any atom is -0.345 e. The van der Waals surface area contributed by atoms with E-state index < -0.39 is 0 Å². The van der Waals surface area contributed by atoms with Crippen LogP contribution in [0.3, 0.4) is 0 Å². The molecule has 1 aliphatic heterocycles. The molecule has 0 radical (unpaired) electrons. The van der Waals surface area contributed by atoms with Gasteiger partial charge in [-0.3, -0.25) is 4.90 Å². The van der Waals surface area contributed by atoms with E-state index in [9.17, 15) is 0 Å². The summed E-state index contributed by atoms with van der Waals surface area (Å²) in [6, 6.07) is 16.7. The van der Waals surface area contributed by atoms with E-state index >= 15 is 0 Å². The lowest BCUT2D eigenvalue weighted by molar-refractivity contribution is 0.261. The lowest BCUT2D eigenvalue weighted by Gasteiger charge is -2.34. The number of fused-ring (bicyclic) bond motifs is 1. The van der Waals surface area contributed by atoms with Crippen LogP contribution in [0.1, 0.15) is 5.56 Å². The summed E-state index contributed by atoms with van der Waals surface area (Å²) in [6.45, 7) is 5.42. The second kappa shape index (κ2) is 7.09. The van der Waals surface area contributed by atoms with Gasteiger partial charge in [0.15, 0.2) is 5.13 Å². The third-order valence-corrected chi connectivity index (χ3v) is 5.86. The predicted molar refractivity (Wildman–Crippen MR) is 103 cm³/mol. The maximum absolute atomic E-state index is 6.08. The van der Waals surface area contributed by atoms with Crippen molar-refractivity contribution in [3.05, 3.63) is 59.1 Å². The third-order valence-electron chi connectivity index (χ3n) is 4.54. The number of anilines is 1. The summed E-state index contributed by atoms with van der Waals surface area (Å²) in [7, 11) is 0. The van der Waals surface area contributed by atoms with E-state index in [-0.39, 0.29) is 0 Å². The van der Waals surface area contributed by atoms with Gasteiger partial charge in [0.1, 0.15) is 0 Å². The van der Waals surface area contributed by atoms with Gasteiger partial charge in [-0.1, -0.05) is 53.3 Å². The zero-order valence-electron chi connectivity index (χ0n) is 13.5. The van der Waals surface area contributed by atoms with Crippen molar-refractivity contribution in [2.45, 2.75) is 6.42 Å². The molecular weight excluding hydrogens is 338 g/mol. The first-order chi connectivity index (χ1) is 11.8. The Morgan fingerprint density at radius 3 is 2.58 bits per heavy atom. The lowest BCUT2D eigenvalue weighted by atomic mass is 10.1. The first kappa shape index (κ1) is 15.9. The van der Waals surface area contributed by atoms with Crippen LogP contribution in [0.5, 0.6) is 0 Å². The summed E-state index contributed by atoms with van der Waals surface area (Å²) in [5, 5.41) is 1.90. The van der Waals surface area contributed by atoms with E-state index in [0.717, 1.165) is 54.8 Å². The second-order valence-electron chi connectivity index (χ2n) is 6.17. The molecular formula is C19H20ClN3S. The van der Waals surface area contributed by atoms with Crippen LogP contribution in [0.4, 0.5) is 5.13 Å². The largest absolute Gasteiger partial charge is 0.345 e. The fraction of sp³-hybridized carbons (Fsp3) is 0.316. The average Bonchev–Trinajstić information content (AvgIpc) is 3.04. The fourth-order valence-corrected chi connectivity index (χ4v) is 4.41. The Labute approximate surface area is 151 Å². The first-order valence-corrected chi connectivity index (χ1v) is 9.55. The number of rotatable bonds is 4. The molecule has 0 unspecified atom stereocenters. The zero-order valence-corrected chi connectivity index (χ0v) is 15.1. The highest BCUT2D eigenvalue weighted by molar-refractivity contribution is 7.22. The molecule has 0 aliphatic carbocycles. The highest BCUT2D eigenvalue weighted by atomic mass is 35.5. The van der Waals surface area contributed by atoms with Crippen LogP contribution >= 0.6 is 22.9 Å². The van der Waals surface area contributed by atoms with Gasteiger partial charge in [-0.15, -0.1) is 0 Å². The van der Waals surface area contributed by atoms with Crippen molar-refractivity contribution in [3.63, 3.8) is 0 Å². The minimum absolute atomic E-state index is 0.781. The van der Waals surface area contributed by atoms with Crippen molar-refractivity contribution < 1.29 is 0 Å². The van der Waals surface area contributed by atoms with Crippen molar-refractivity contribution in [1.82, 2.24) is 9.88 Å². The van der Waals surface area contributed by atoms with Crippen molar-refractivity contribution >= 4 is 38.3 Å². The summed E-state index contributed by atoms with van der Waals surface area (Å²) in [4.78, 5) is 9.71. The monoisotopic (exact) mass is 357 g/mol. The van der Waals surface area contributed by atoms with E-state index in [1.165, 1.54) is 10.3 Å². The van der Waals surface area contributed by atoms with Crippen LogP contribution in [0.2, 0.25) is 5.02 Å². The Bertz CT molecular complexity index is 810. The average molecular weight is 358 g/mol. The van der Waals surface area contributed by atoms with Crippen molar-refractivity contribution in [2.24, 2.45) is 0 Å². The number of aromatic nitrogens is 1. The van der Waals surface area contributed by atoms with E-state index in [2.05, 4.69) is 40.1 Å². The molecule has 1 aromatic heterocycles. The summed E-state index contributed by atoms with van der Waals surface area (Å²) in [6.07, 6.45) is 1.13. The Morgan fingerprint density at radius 2 is 1.79 bits per heavy atom. The van der Waals surface area contributed by atoms with Gasteiger partial charge < -0.3 is 4.90 Å². The Morgan fingerprint density at radius 1 is 1.00 bits per heavy atom. The van der Waals surface area contributed by atoms with Crippen LogP contribution in [0, 0.1) is 0 Å². The molecule has 1 saturated heterocycles. The lowest BCUT2D eigenvalue weighted by Crippen LogP contribution is -2.46. The van der Waals surface area contributed by atoms with Crippen LogP contribution < -0.4 is 4.90 Å². The molecule has 1 aliphatic rings. The SMILES string of the molecule is Clc1ccc2nc(N3CCN(CCc4ccccc4)CC3)sc2c1. The normalized spacial score (nSPS) is 16.0. The Kier molecular flexibility index (Phi) is 4.69. The third kappa shape index (κ3) is 3.56. The second-order valence-corrected chi connectivity index (χ2v) is 7.62. The fourth-order valence-electron chi connectivity index (χ4n) is 3.12. The number of thiazole rings is 1. The first-order valence-electron chi connectivity index (χ1n) is 8.35. The topological polar surface area (TPSA) is 19.4 Å². The molecule has 0 spiro atoms. The molecule has 4 rings (SSSR count). The highest BCUT2D eigenvalue weighted by Crippen LogP contribution is 2.31. The van der Waals surface area contributed by atoms with Crippen molar-refractivity contribution in [2.75, 3.05) is 37.6 Å². The molecule has 2 aromatic carbocycles. The quantitative estimate of drug-likeness (QED) is 0.693. The maximum Gasteiger partial charge on any atom is 0.186 e. The summed E-state index contributed by atoms with van der Waals surface area (Å²) in [5.74, 6) is 0. The minimum atomic E-state index is 0.781. The number of hydrogen-bond donors (Lipinski definition) is 0. The number of benzene rings is 2. The molecule has 0 N–H and O–H groups in total. The van der Waals surface area contributed by atoms with E-state index in [0.29, 0.717) is 0 Å². The van der Waals surface area contributed by atoms with Crippen LogP contribution in [-0.4, -0.2) is 42.6 Å². The smallest absolute Gasteiger partial charge is 0.186 e. The van der Waals surface area contributed by atoms with Gasteiger partial charge in [-0.05, 0) is 30.2 Å². The molecule has 0 atom stereocenters. The molecule has 124 valence electrons. The van der Waals surface area contributed by atoms with Gasteiger partial charge in [-0.25, -0.2) is 4.98 Å².